The molecule has 0 spiro atoms. The SMILES string of the molecule is Cc1cccc2c1N(C(=O)C1CCCN(C(=O)c3ccc(Cl)cc3)C1)CC2. The van der Waals surface area contributed by atoms with Crippen LogP contribution in [0.5, 0.6) is 0 Å². The number of fused-ring (bicyclic) bond motifs is 1. The van der Waals surface area contributed by atoms with Gasteiger partial charge in [0, 0.05) is 35.9 Å². The van der Waals surface area contributed by atoms with Crippen molar-refractivity contribution in [1.82, 2.24) is 4.90 Å². The number of likely N-dealkylation sites (tertiary alicyclic amines) is 1. The Morgan fingerprint density at radius 1 is 1.07 bits per heavy atom. The molecule has 5 heteroatoms. The number of halogens is 1. The summed E-state index contributed by atoms with van der Waals surface area (Å²) >= 11 is 5.92. The van der Waals surface area contributed by atoms with Crippen LogP contribution in [0, 0.1) is 12.8 Å². The molecule has 1 saturated heterocycles. The van der Waals surface area contributed by atoms with E-state index in [0.717, 1.165) is 37.1 Å². The zero-order valence-electron chi connectivity index (χ0n) is 15.5. The lowest BCUT2D eigenvalue weighted by Gasteiger charge is -2.34. The fourth-order valence-electron chi connectivity index (χ4n) is 4.23. The van der Waals surface area contributed by atoms with Gasteiger partial charge in [0.15, 0.2) is 0 Å². The summed E-state index contributed by atoms with van der Waals surface area (Å²) in [7, 11) is 0. The van der Waals surface area contributed by atoms with E-state index < -0.39 is 0 Å². The number of amides is 2. The predicted molar refractivity (Wildman–Crippen MR) is 107 cm³/mol. The van der Waals surface area contributed by atoms with Crippen LogP contribution in [-0.4, -0.2) is 36.3 Å². The summed E-state index contributed by atoms with van der Waals surface area (Å²) in [6.07, 6.45) is 2.59. The van der Waals surface area contributed by atoms with Crippen molar-refractivity contribution < 1.29 is 9.59 Å². The summed E-state index contributed by atoms with van der Waals surface area (Å²) < 4.78 is 0. The van der Waals surface area contributed by atoms with Crippen LogP contribution in [-0.2, 0) is 11.2 Å². The lowest BCUT2D eigenvalue weighted by molar-refractivity contribution is -0.123. The first-order chi connectivity index (χ1) is 13.0. The number of rotatable bonds is 2. The number of aryl methyl sites for hydroxylation is 1. The Balaban J connectivity index is 1.50. The first kappa shape index (κ1) is 18.1. The Hall–Kier alpha value is -2.33. The minimum atomic E-state index is -0.138. The molecule has 1 atom stereocenters. The average molecular weight is 383 g/mol. The summed E-state index contributed by atoms with van der Waals surface area (Å²) in [5.41, 5.74) is 4.08. The Morgan fingerprint density at radius 2 is 1.85 bits per heavy atom. The van der Waals surface area contributed by atoms with E-state index in [-0.39, 0.29) is 17.7 Å². The molecule has 0 saturated carbocycles. The molecule has 2 aromatic carbocycles. The summed E-state index contributed by atoms with van der Waals surface area (Å²) in [6.45, 7) is 3.97. The molecule has 0 aromatic heterocycles. The fourth-order valence-corrected chi connectivity index (χ4v) is 4.36. The number of anilines is 1. The maximum Gasteiger partial charge on any atom is 0.253 e. The molecule has 2 aromatic rings. The van der Waals surface area contributed by atoms with Crippen LogP contribution in [0.3, 0.4) is 0 Å². The van der Waals surface area contributed by atoms with Gasteiger partial charge in [0.2, 0.25) is 5.91 Å². The monoisotopic (exact) mass is 382 g/mol. The van der Waals surface area contributed by atoms with Crippen LogP contribution in [0.1, 0.15) is 34.3 Å². The molecule has 4 nitrogen and oxygen atoms in total. The quantitative estimate of drug-likeness (QED) is 0.784. The summed E-state index contributed by atoms with van der Waals surface area (Å²) in [5, 5.41) is 0.612. The highest BCUT2D eigenvalue weighted by atomic mass is 35.5. The van der Waals surface area contributed by atoms with Crippen molar-refractivity contribution in [1.29, 1.82) is 0 Å². The van der Waals surface area contributed by atoms with Crippen LogP contribution in [0.15, 0.2) is 42.5 Å². The lowest BCUT2D eigenvalue weighted by Crippen LogP contribution is -2.46. The van der Waals surface area contributed by atoms with E-state index >= 15 is 0 Å². The Kier molecular flexibility index (Phi) is 4.92. The molecule has 2 heterocycles. The van der Waals surface area contributed by atoms with E-state index in [1.54, 1.807) is 24.3 Å². The van der Waals surface area contributed by atoms with Gasteiger partial charge in [-0.2, -0.15) is 0 Å². The standard InChI is InChI=1S/C22H23ClN2O2/c1-15-4-2-5-16-11-13-25(20(15)16)22(27)18-6-3-12-24(14-18)21(26)17-7-9-19(23)10-8-17/h2,4-5,7-10,18H,3,6,11-14H2,1H3. The van der Waals surface area contributed by atoms with Gasteiger partial charge >= 0.3 is 0 Å². The molecule has 2 aliphatic heterocycles. The molecule has 1 fully saturated rings. The second-order valence-corrected chi connectivity index (χ2v) is 7.86. The molecule has 0 aliphatic carbocycles. The number of hydrogen-bond acceptors (Lipinski definition) is 2. The minimum Gasteiger partial charge on any atom is -0.338 e. The third-order valence-corrected chi connectivity index (χ3v) is 5.86. The first-order valence-corrected chi connectivity index (χ1v) is 9.87. The van der Waals surface area contributed by atoms with Crippen LogP contribution < -0.4 is 4.90 Å². The zero-order chi connectivity index (χ0) is 19.0. The number of nitrogens with zero attached hydrogens (tertiary/aromatic N) is 2. The van der Waals surface area contributed by atoms with Gasteiger partial charge in [0.25, 0.3) is 5.91 Å². The van der Waals surface area contributed by atoms with E-state index in [0.29, 0.717) is 23.7 Å². The number of hydrogen-bond donors (Lipinski definition) is 0. The predicted octanol–water partition coefficient (Wildman–Crippen LogP) is 4.09. The molecule has 4 rings (SSSR count). The Bertz CT molecular complexity index is 878. The van der Waals surface area contributed by atoms with E-state index in [9.17, 15) is 9.59 Å². The highest BCUT2D eigenvalue weighted by Gasteiger charge is 2.35. The Labute approximate surface area is 164 Å². The largest absolute Gasteiger partial charge is 0.338 e. The average Bonchev–Trinajstić information content (AvgIpc) is 3.13. The molecule has 2 aliphatic rings. The molecule has 2 amide bonds. The van der Waals surface area contributed by atoms with Gasteiger partial charge in [-0.05, 0) is 61.6 Å². The third-order valence-electron chi connectivity index (χ3n) is 5.61. The molecule has 140 valence electrons. The van der Waals surface area contributed by atoms with Gasteiger partial charge in [-0.1, -0.05) is 29.8 Å². The highest BCUT2D eigenvalue weighted by Crippen LogP contribution is 2.33. The number of carbonyl (C=O) groups excluding carboxylic acids is 2. The van der Waals surface area contributed by atoms with Crippen LogP contribution in [0.25, 0.3) is 0 Å². The van der Waals surface area contributed by atoms with Gasteiger partial charge in [-0.15, -0.1) is 0 Å². The number of carbonyl (C=O) groups is 2. The molecule has 1 unspecified atom stereocenters. The third kappa shape index (κ3) is 3.46. The van der Waals surface area contributed by atoms with E-state index in [1.807, 2.05) is 9.80 Å². The Morgan fingerprint density at radius 3 is 2.63 bits per heavy atom. The van der Waals surface area contributed by atoms with Crippen LogP contribution >= 0.6 is 11.6 Å². The fraction of sp³-hybridized carbons (Fsp3) is 0.364. The maximum absolute atomic E-state index is 13.2. The van der Waals surface area contributed by atoms with Gasteiger partial charge in [-0.3, -0.25) is 9.59 Å². The second-order valence-electron chi connectivity index (χ2n) is 7.42. The van der Waals surface area contributed by atoms with Gasteiger partial charge in [-0.25, -0.2) is 0 Å². The lowest BCUT2D eigenvalue weighted by atomic mass is 9.95. The second kappa shape index (κ2) is 7.35. The van der Waals surface area contributed by atoms with E-state index in [2.05, 4.69) is 25.1 Å². The minimum absolute atomic E-state index is 0.0258. The van der Waals surface area contributed by atoms with Crippen molar-refractivity contribution in [2.45, 2.75) is 26.2 Å². The molecule has 27 heavy (non-hydrogen) atoms. The normalized spacial score (nSPS) is 19.1. The van der Waals surface area contributed by atoms with E-state index in [4.69, 9.17) is 11.6 Å². The highest BCUT2D eigenvalue weighted by molar-refractivity contribution is 6.30. The smallest absolute Gasteiger partial charge is 0.253 e. The molecule has 0 N–H and O–H groups in total. The van der Waals surface area contributed by atoms with Gasteiger partial charge in [0.1, 0.15) is 0 Å². The maximum atomic E-state index is 13.2. The zero-order valence-corrected chi connectivity index (χ0v) is 16.2. The van der Waals surface area contributed by atoms with Crippen LogP contribution in [0.2, 0.25) is 5.02 Å². The molecule has 0 bridgehead atoms. The van der Waals surface area contributed by atoms with Gasteiger partial charge in [0.05, 0.1) is 5.92 Å². The van der Waals surface area contributed by atoms with Crippen molar-refractivity contribution in [2.75, 3.05) is 24.5 Å². The summed E-state index contributed by atoms with van der Waals surface area (Å²) in [4.78, 5) is 29.8. The molecule has 0 radical (unpaired) electrons. The van der Waals surface area contributed by atoms with Crippen molar-refractivity contribution in [3.05, 3.63) is 64.2 Å². The van der Waals surface area contributed by atoms with Crippen molar-refractivity contribution in [2.24, 2.45) is 5.92 Å². The summed E-state index contributed by atoms with van der Waals surface area (Å²) in [6, 6.07) is 13.2. The molecular weight excluding hydrogens is 360 g/mol. The number of para-hydroxylation sites is 1. The summed E-state index contributed by atoms with van der Waals surface area (Å²) in [5.74, 6) is -0.0145. The van der Waals surface area contributed by atoms with E-state index in [1.165, 1.54) is 5.56 Å². The topological polar surface area (TPSA) is 40.6 Å². The number of benzene rings is 2. The van der Waals surface area contributed by atoms with Crippen molar-refractivity contribution in [3.8, 4) is 0 Å². The van der Waals surface area contributed by atoms with Crippen molar-refractivity contribution in [3.63, 3.8) is 0 Å². The van der Waals surface area contributed by atoms with Gasteiger partial charge < -0.3 is 9.80 Å². The molecular formula is C22H23ClN2O2. The van der Waals surface area contributed by atoms with Crippen molar-refractivity contribution >= 4 is 29.1 Å². The van der Waals surface area contributed by atoms with Crippen LogP contribution in [0.4, 0.5) is 5.69 Å². The number of piperidine rings is 1. The first-order valence-electron chi connectivity index (χ1n) is 9.49.